The molecule has 3 nitrogen and oxygen atoms in total. The highest BCUT2D eigenvalue weighted by Crippen LogP contribution is 2.20. The van der Waals surface area contributed by atoms with Crippen molar-refractivity contribution in [2.75, 3.05) is 0 Å². The van der Waals surface area contributed by atoms with Crippen molar-refractivity contribution in [1.82, 2.24) is 5.32 Å². The van der Waals surface area contributed by atoms with E-state index >= 15 is 0 Å². The van der Waals surface area contributed by atoms with Crippen molar-refractivity contribution in [2.24, 2.45) is 11.1 Å². The first kappa shape index (κ1) is 15.6. The molecule has 1 amide bonds. The van der Waals surface area contributed by atoms with Crippen LogP contribution in [0.2, 0.25) is 0 Å². The SMILES string of the molecule is CC(C)(C)CC(N)CC(=O)NCc1ccccc1F. The largest absolute Gasteiger partial charge is 0.352 e. The Hall–Kier alpha value is -1.42. The minimum Gasteiger partial charge on any atom is -0.352 e. The number of hydrogen-bond acceptors (Lipinski definition) is 2. The van der Waals surface area contributed by atoms with E-state index in [0.29, 0.717) is 5.56 Å². The molecular weight excluding hydrogens is 243 g/mol. The van der Waals surface area contributed by atoms with E-state index in [1.807, 2.05) is 0 Å². The van der Waals surface area contributed by atoms with Gasteiger partial charge in [0, 0.05) is 24.6 Å². The smallest absolute Gasteiger partial charge is 0.221 e. The molecule has 1 aromatic rings. The molecule has 4 heteroatoms. The summed E-state index contributed by atoms with van der Waals surface area (Å²) in [6, 6.07) is 6.24. The number of carbonyl (C=O) groups is 1. The number of amides is 1. The van der Waals surface area contributed by atoms with Crippen LogP contribution in [0.5, 0.6) is 0 Å². The van der Waals surface area contributed by atoms with Crippen molar-refractivity contribution in [3.63, 3.8) is 0 Å². The Morgan fingerprint density at radius 2 is 2.00 bits per heavy atom. The van der Waals surface area contributed by atoms with Gasteiger partial charge in [-0.15, -0.1) is 0 Å². The summed E-state index contributed by atoms with van der Waals surface area (Å²) in [7, 11) is 0. The molecule has 1 rings (SSSR count). The van der Waals surface area contributed by atoms with Gasteiger partial charge in [0.2, 0.25) is 5.91 Å². The van der Waals surface area contributed by atoms with Crippen LogP contribution in [0.1, 0.15) is 39.2 Å². The maximum absolute atomic E-state index is 13.3. The van der Waals surface area contributed by atoms with E-state index < -0.39 is 0 Å². The van der Waals surface area contributed by atoms with E-state index in [-0.39, 0.29) is 36.1 Å². The van der Waals surface area contributed by atoms with E-state index in [0.717, 1.165) is 6.42 Å². The molecule has 0 aliphatic carbocycles. The van der Waals surface area contributed by atoms with Crippen molar-refractivity contribution in [2.45, 2.75) is 46.2 Å². The maximum Gasteiger partial charge on any atom is 0.221 e. The van der Waals surface area contributed by atoms with Crippen molar-refractivity contribution in [3.8, 4) is 0 Å². The zero-order valence-electron chi connectivity index (χ0n) is 11.9. The minimum absolute atomic E-state index is 0.102. The molecule has 0 bridgehead atoms. The third-order valence-electron chi connectivity index (χ3n) is 2.76. The zero-order valence-corrected chi connectivity index (χ0v) is 11.9. The molecule has 0 spiro atoms. The second-order valence-corrected chi connectivity index (χ2v) is 6.10. The fraction of sp³-hybridized carbons (Fsp3) is 0.533. The van der Waals surface area contributed by atoms with Crippen molar-refractivity contribution in [3.05, 3.63) is 35.6 Å². The molecule has 3 N–H and O–H groups in total. The third kappa shape index (κ3) is 6.34. The number of hydrogen-bond donors (Lipinski definition) is 2. The molecule has 0 aliphatic rings. The van der Waals surface area contributed by atoms with Gasteiger partial charge in [0.25, 0.3) is 0 Å². The number of carbonyl (C=O) groups excluding carboxylic acids is 1. The molecule has 1 atom stereocenters. The van der Waals surface area contributed by atoms with Crippen LogP contribution in [-0.2, 0) is 11.3 Å². The van der Waals surface area contributed by atoms with Gasteiger partial charge >= 0.3 is 0 Å². The monoisotopic (exact) mass is 266 g/mol. The maximum atomic E-state index is 13.3. The summed E-state index contributed by atoms with van der Waals surface area (Å²) in [6.07, 6.45) is 1.05. The molecule has 0 saturated heterocycles. The van der Waals surface area contributed by atoms with Gasteiger partial charge in [-0.3, -0.25) is 4.79 Å². The third-order valence-corrected chi connectivity index (χ3v) is 2.76. The average molecular weight is 266 g/mol. The van der Waals surface area contributed by atoms with Crippen molar-refractivity contribution >= 4 is 5.91 Å². The van der Waals surface area contributed by atoms with E-state index in [2.05, 4.69) is 26.1 Å². The standard InChI is InChI=1S/C15H23FN2O/c1-15(2,3)9-12(17)8-14(19)18-10-11-6-4-5-7-13(11)16/h4-7,12H,8-10,17H2,1-3H3,(H,18,19). The molecule has 0 heterocycles. The molecule has 0 saturated carbocycles. The molecule has 0 radical (unpaired) electrons. The predicted octanol–water partition coefficient (Wildman–Crippen LogP) is 2.60. The zero-order chi connectivity index (χ0) is 14.5. The van der Waals surface area contributed by atoms with Crippen LogP contribution in [0.3, 0.4) is 0 Å². The summed E-state index contributed by atoms with van der Waals surface area (Å²) >= 11 is 0. The Balaban J connectivity index is 2.38. The second-order valence-electron chi connectivity index (χ2n) is 6.10. The van der Waals surface area contributed by atoms with Crippen LogP contribution in [0, 0.1) is 11.2 Å². The normalized spacial score (nSPS) is 13.1. The fourth-order valence-electron chi connectivity index (χ4n) is 2.00. The summed E-state index contributed by atoms with van der Waals surface area (Å²) in [6.45, 7) is 6.46. The van der Waals surface area contributed by atoms with Crippen LogP contribution in [0.15, 0.2) is 24.3 Å². The molecule has 0 aliphatic heterocycles. The Morgan fingerprint density at radius 3 is 2.58 bits per heavy atom. The lowest BCUT2D eigenvalue weighted by molar-refractivity contribution is -0.121. The topological polar surface area (TPSA) is 55.1 Å². The van der Waals surface area contributed by atoms with E-state index in [1.165, 1.54) is 6.07 Å². The van der Waals surface area contributed by atoms with Gasteiger partial charge in [-0.1, -0.05) is 39.0 Å². The van der Waals surface area contributed by atoms with E-state index in [4.69, 9.17) is 5.73 Å². The number of rotatable bonds is 5. The van der Waals surface area contributed by atoms with Gasteiger partial charge < -0.3 is 11.1 Å². The molecule has 106 valence electrons. The Labute approximate surface area is 114 Å². The number of benzene rings is 1. The van der Waals surface area contributed by atoms with E-state index in [9.17, 15) is 9.18 Å². The van der Waals surface area contributed by atoms with Crippen molar-refractivity contribution < 1.29 is 9.18 Å². The van der Waals surface area contributed by atoms with Crippen LogP contribution >= 0.6 is 0 Å². The molecule has 1 aromatic carbocycles. The Morgan fingerprint density at radius 1 is 1.37 bits per heavy atom. The molecular formula is C15H23FN2O. The summed E-state index contributed by atoms with van der Waals surface area (Å²) in [4.78, 5) is 11.7. The number of nitrogens with two attached hydrogens (primary N) is 1. The highest BCUT2D eigenvalue weighted by atomic mass is 19.1. The molecule has 19 heavy (non-hydrogen) atoms. The van der Waals surface area contributed by atoms with Crippen LogP contribution < -0.4 is 11.1 Å². The first-order chi connectivity index (χ1) is 8.78. The van der Waals surface area contributed by atoms with Gasteiger partial charge in [0.15, 0.2) is 0 Å². The van der Waals surface area contributed by atoms with Crippen LogP contribution in [-0.4, -0.2) is 11.9 Å². The first-order valence-electron chi connectivity index (χ1n) is 6.53. The van der Waals surface area contributed by atoms with Gasteiger partial charge in [-0.05, 0) is 17.9 Å². The summed E-state index contributed by atoms with van der Waals surface area (Å²) in [5, 5.41) is 2.70. The lowest BCUT2D eigenvalue weighted by Gasteiger charge is -2.22. The second kappa shape index (κ2) is 6.66. The van der Waals surface area contributed by atoms with Crippen molar-refractivity contribution in [1.29, 1.82) is 0 Å². The quantitative estimate of drug-likeness (QED) is 0.860. The summed E-state index contributed by atoms with van der Waals surface area (Å²) in [5.41, 5.74) is 6.51. The molecule has 0 fully saturated rings. The summed E-state index contributed by atoms with van der Waals surface area (Å²) in [5.74, 6) is -0.443. The molecule has 0 aromatic heterocycles. The minimum atomic E-state index is -0.304. The van der Waals surface area contributed by atoms with Gasteiger partial charge in [0.05, 0.1) is 0 Å². The molecule has 1 unspecified atom stereocenters. The number of nitrogens with one attached hydrogen (secondary N) is 1. The lowest BCUT2D eigenvalue weighted by Crippen LogP contribution is -2.34. The lowest BCUT2D eigenvalue weighted by atomic mass is 9.87. The Bertz CT molecular complexity index is 426. The highest BCUT2D eigenvalue weighted by Gasteiger charge is 2.18. The fourth-order valence-corrected chi connectivity index (χ4v) is 2.00. The van der Waals surface area contributed by atoms with Crippen LogP contribution in [0.25, 0.3) is 0 Å². The number of halogens is 1. The van der Waals surface area contributed by atoms with Gasteiger partial charge in [-0.25, -0.2) is 4.39 Å². The first-order valence-corrected chi connectivity index (χ1v) is 6.53. The highest BCUT2D eigenvalue weighted by molar-refractivity contribution is 5.76. The average Bonchev–Trinajstić information content (AvgIpc) is 2.25. The summed E-state index contributed by atoms with van der Waals surface area (Å²) < 4.78 is 13.3. The van der Waals surface area contributed by atoms with Gasteiger partial charge in [0.1, 0.15) is 5.82 Å². The predicted molar refractivity (Wildman–Crippen MR) is 74.9 cm³/mol. The van der Waals surface area contributed by atoms with Crippen LogP contribution in [0.4, 0.5) is 4.39 Å². The Kier molecular flexibility index (Phi) is 5.48. The van der Waals surface area contributed by atoms with Gasteiger partial charge in [-0.2, -0.15) is 0 Å². The van der Waals surface area contributed by atoms with E-state index in [1.54, 1.807) is 18.2 Å².